The smallest absolute Gasteiger partial charge is 0.241 e. The number of nitriles is 1. The van der Waals surface area contributed by atoms with Gasteiger partial charge < -0.3 is 9.52 Å². The minimum Gasteiger partial charge on any atom is -0.468 e. The van der Waals surface area contributed by atoms with Crippen molar-refractivity contribution in [3.05, 3.63) is 53.5 Å². The average Bonchev–Trinajstić information content (AvgIpc) is 2.98. The van der Waals surface area contributed by atoms with Crippen LogP contribution in [0.25, 0.3) is 0 Å². The van der Waals surface area contributed by atoms with Crippen LogP contribution in [0.2, 0.25) is 0 Å². The van der Waals surface area contributed by atoms with Crippen molar-refractivity contribution in [2.45, 2.75) is 17.9 Å². The molecule has 0 aliphatic rings. The fraction of sp³-hybridized carbons (Fsp3) is 0.214. The molecule has 7 heteroatoms. The third kappa shape index (κ3) is 3.31. The normalized spacial score (nSPS) is 12.8. The van der Waals surface area contributed by atoms with Crippen LogP contribution in [-0.2, 0) is 10.0 Å². The van der Waals surface area contributed by atoms with E-state index in [1.807, 2.05) is 6.07 Å². The second kappa shape index (κ2) is 6.10. The summed E-state index contributed by atoms with van der Waals surface area (Å²) >= 11 is 0. The molecular weight excluding hydrogens is 292 g/mol. The van der Waals surface area contributed by atoms with Gasteiger partial charge in [-0.2, -0.15) is 9.98 Å². The Morgan fingerprint density at radius 1 is 1.43 bits per heavy atom. The van der Waals surface area contributed by atoms with Gasteiger partial charge in [0, 0.05) is 0 Å². The number of aliphatic hydroxyl groups is 1. The van der Waals surface area contributed by atoms with Gasteiger partial charge >= 0.3 is 0 Å². The monoisotopic (exact) mass is 306 g/mol. The zero-order valence-electron chi connectivity index (χ0n) is 11.3. The van der Waals surface area contributed by atoms with Gasteiger partial charge in [0.15, 0.2) is 0 Å². The van der Waals surface area contributed by atoms with Crippen LogP contribution in [0, 0.1) is 18.3 Å². The fourth-order valence-corrected chi connectivity index (χ4v) is 3.37. The first-order chi connectivity index (χ1) is 9.97. The predicted octanol–water partition coefficient (Wildman–Crippen LogP) is 1.47. The number of aliphatic hydroxyl groups excluding tert-OH is 1. The molecule has 2 aromatic rings. The van der Waals surface area contributed by atoms with Gasteiger partial charge in [-0.25, -0.2) is 8.42 Å². The molecule has 1 heterocycles. The lowest BCUT2D eigenvalue weighted by atomic mass is 10.2. The van der Waals surface area contributed by atoms with Crippen LogP contribution >= 0.6 is 0 Å². The van der Waals surface area contributed by atoms with Crippen molar-refractivity contribution in [2.75, 3.05) is 6.61 Å². The number of furan rings is 1. The van der Waals surface area contributed by atoms with Crippen molar-refractivity contribution < 1.29 is 17.9 Å². The van der Waals surface area contributed by atoms with Crippen LogP contribution in [0.4, 0.5) is 0 Å². The molecule has 0 spiro atoms. The number of aryl methyl sites for hydroxylation is 1. The van der Waals surface area contributed by atoms with Crippen LogP contribution in [0.15, 0.2) is 45.9 Å². The average molecular weight is 306 g/mol. The molecule has 1 aromatic heterocycles. The minimum absolute atomic E-state index is 0.0616. The first kappa shape index (κ1) is 15.3. The van der Waals surface area contributed by atoms with Gasteiger partial charge in [-0.15, -0.1) is 0 Å². The lowest BCUT2D eigenvalue weighted by molar-refractivity contribution is 0.242. The first-order valence-corrected chi connectivity index (χ1v) is 7.63. The topological polar surface area (TPSA) is 103 Å². The molecule has 0 radical (unpaired) electrons. The highest BCUT2D eigenvalue weighted by molar-refractivity contribution is 7.89. The van der Waals surface area contributed by atoms with Gasteiger partial charge in [-0.05, 0) is 42.8 Å². The lowest BCUT2D eigenvalue weighted by Crippen LogP contribution is -2.31. The molecule has 110 valence electrons. The second-order valence-electron chi connectivity index (χ2n) is 4.46. The summed E-state index contributed by atoms with van der Waals surface area (Å²) in [7, 11) is -3.83. The molecule has 0 fully saturated rings. The van der Waals surface area contributed by atoms with Gasteiger partial charge in [-0.1, -0.05) is 0 Å². The summed E-state index contributed by atoms with van der Waals surface area (Å²) in [4.78, 5) is 0.0616. The summed E-state index contributed by atoms with van der Waals surface area (Å²) in [5, 5.41) is 18.1. The Morgan fingerprint density at radius 2 is 2.19 bits per heavy atom. The Morgan fingerprint density at radius 3 is 2.71 bits per heavy atom. The van der Waals surface area contributed by atoms with E-state index in [0.29, 0.717) is 16.9 Å². The molecule has 0 saturated heterocycles. The number of nitrogens with zero attached hydrogens (tertiary/aromatic N) is 1. The highest BCUT2D eigenvalue weighted by Gasteiger charge is 2.24. The largest absolute Gasteiger partial charge is 0.468 e. The molecule has 2 rings (SSSR count). The van der Waals surface area contributed by atoms with Crippen molar-refractivity contribution in [1.29, 1.82) is 5.26 Å². The van der Waals surface area contributed by atoms with Crippen molar-refractivity contribution in [2.24, 2.45) is 0 Å². The Labute approximate surface area is 122 Å². The number of sulfonamides is 1. The van der Waals surface area contributed by atoms with Gasteiger partial charge in [-0.3, -0.25) is 0 Å². The van der Waals surface area contributed by atoms with E-state index in [2.05, 4.69) is 4.72 Å². The SMILES string of the molecule is Cc1cc(C#N)ccc1S(=O)(=O)NC(CO)c1ccco1. The fourth-order valence-electron chi connectivity index (χ4n) is 1.95. The maximum atomic E-state index is 12.4. The maximum absolute atomic E-state index is 12.4. The molecule has 1 unspecified atom stereocenters. The lowest BCUT2D eigenvalue weighted by Gasteiger charge is -2.15. The van der Waals surface area contributed by atoms with Crippen LogP contribution < -0.4 is 4.72 Å². The molecular formula is C14H14N2O4S. The van der Waals surface area contributed by atoms with E-state index in [9.17, 15) is 13.5 Å². The summed E-state index contributed by atoms with van der Waals surface area (Å²) in [6.07, 6.45) is 1.40. The van der Waals surface area contributed by atoms with E-state index < -0.39 is 22.7 Å². The quantitative estimate of drug-likeness (QED) is 0.870. The third-order valence-electron chi connectivity index (χ3n) is 2.96. The van der Waals surface area contributed by atoms with Crippen LogP contribution in [0.3, 0.4) is 0 Å². The predicted molar refractivity (Wildman–Crippen MR) is 74.8 cm³/mol. The zero-order valence-corrected chi connectivity index (χ0v) is 12.1. The van der Waals surface area contributed by atoms with Gasteiger partial charge in [0.2, 0.25) is 10.0 Å². The molecule has 2 N–H and O–H groups in total. The first-order valence-electron chi connectivity index (χ1n) is 6.15. The number of hydrogen-bond donors (Lipinski definition) is 2. The second-order valence-corrected chi connectivity index (χ2v) is 6.15. The van der Waals surface area contributed by atoms with Crippen molar-refractivity contribution in [1.82, 2.24) is 4.72 Å². The molecule has 6 nitrogen and oxygen atoms in total. The van der Waals surface area contributed by atoms with E-state index in [1.54, 1.807) is 19.1 Å². The number of nitrogens with one attached hydrogen (secondary N) is 1. The highest BCUT2D eigenvalue weighted by atomic mass is 32.2. The number of rotatable bonds is 5. The molecule has 0 bridgehead atoms. The number of hydrogen-bond acceptors (Lipinski definition) is 5. The molecule has 1 atom stereocenters. The van der Waals surface area contributed by atoms with Gasteiger partial charge in [0.25, 0.3) is 0 Å². The summed E-state index contributed by atoms with van der Waals surface area (Å²) in [5.41, 5.74) is 0.842. The van der Waals surface area contributed by atoms with E-state index in [4.69, 9.17) is 9.68 Å². The molecule has 0 aliphatic heterocycles. The Kier molecular flexibility index (Phi) is 4.43. The van der Waals surface area contributed by atoms with E-state index >= 15 is 0 Å². The van der Waals surface area contributed by atoms with Crippen LogP contribution in [0.5, 0.6) is 0 Å². The van der Waals surface area contributed by atoms with Gasteiger partial charge in [0.1, 0.15) is 11.8 Å². The zero-order chi connectivity index (χ0) is 15.5. The maximum Gasteiger partial charge on any atom is 0.241 e. The summed E-state index contributed by atoms with van der Waals surface area (Å²) in [6, 6.07) is 8.57. The minimum atomic E-state index is -3.83. The Bertz CT molecular complexity index is 761. The van der Waals surface area contributed by atoms with E-state index in [-0.39, 0.29) is 4.90 Å². The van der Waals surface area contributed by atoms with Crippen LogP contribution in [-0.4, -0.2) is 20.1 Å². The molecule has 0 aliphatic carbocycles. The van der Waals surface area contributed by atoms with Crippen molar-refractivity contribution in [3.63, 3.8) is 0 Å². The third-order valence-corrected chi connectivity index (χ3v) is 4.59. The van der Waals surface area contributed by atoms with Gasteiger partial charge in [0.05, 0.1) is 29.4 Å². The molecule has 21 heavy (non-hydrogen) atoms. The van der Waals surface area contributed by atoms with Crippen LogP contribution in [0.1, 0.15) is 22.9 Å². The summed E-state index contributed by atoms with van der Waals surface area (Å²) in [5.74, 6) is 0.326. The van der Waals surface area contributed by atoms with E-state index in [0.717, 1.165) is 0 Å². The molecule has 1 aromatic carbocycles. The summed E-state index contributed by atoms with van der Waals surface area (Å²) < 4.78 is 32.2. The molecule has 0 saturated carbocycles. The molecule has 0 amide bonds. The number of benzene rings is 1. The Balaban J connectivity index is 2.32. The Hall–Kier alpha value is -2.14. The highest BCUT2D eigenvalue weighted by Crippen LogP contribution is 2.20. The summed E-state index contributed by atoms with van der Waals surface area (Å²) in [6.45, 7) is 1.18. The standard InChI is InChI=1S/C14H14N2O4S/c1-10-7-11(8-15)4-5-14(10)21(18,19)16-12(9-17)13-3-2-6-20-13/h2-7,12,16-17H,9H2,1H3. The van der Waals surface area contributed by atoms with Crippen molar-refractivity contribution in [3.8, 4) is 6.07 Å². The van der Waals surface area contributed by atoms with Crippen molar-refractivity contribution >= 4 is 10.0 Å². The van der Waals surface area contributed by atoms with E-state index in [1.165, 1.54) is 24.5 Å².